The highest BCUT2D eigenvalue weighted by Crippen LogP contribution is 2.44. The highest BCUT2D eigenvalue weighted by atomic mass is 16.5. The standard InChI is InChI=1S/C21H25N3O5/c1-11(2)17-16-14(7-15(12-3-4-12)22-18(16)29-23-17)19(25)24-8-13-9-28-6-5-21(13,10-24)20(26)27/h7,11-13H,3-6,8-10H2,1-2H3,(H,26,27)/t13-,21+/m0/s1. The summed E-state index contributed by atoms with van der Waals surface area (Å²) >= 11 is 0. The summed E-state index contributed by atoms with van der Waals surface area (Å²) in [6.07, 6.45) is 2.55. The van der Waals surface area contributed by atoms with Crippen LogP contribution in [0.25, 0.3) is 11.1 Å². The van der Waals surface area contributed by atoms with Gasteiger partial charge >= 0.3 is 5.97 Å². The lowest BCUT2D eigenvalue weighted by Crippen LogP contribution is -2.45. The van der Waals surface area contributed by atoms with Gasteiger partial charge in [0.2, 0.25) is 0 Å². The van der Waals surface area contributed by atoms with Crippen molar-refractivity contribution in [3.8, 4) is 0 Å². The number of fused-ring (bicyclic) bond motifs is 2. The number of nitrogens with zero attached hydrogens (tertiary/aromatic N) is 3. The van der Waals surface area contributed by atoms with Gasteiger partial charge in [0.15, 0.2) is 0 Å². The predicted molar refractivity (Wildman–Crippen MR) is 103 cm³/mol. The van der Waals surface area contributed by atoms with Gasteiger partial charge in [0, 0.05) is 37.2 Å². The van der Waals surface area contributed by atoms with Crippen LogP contribution in [0.3, 0.4) is 0 Å². The summed E-state index contributed by atoms with van der Waals surface area (Å²) in [7, 11) is 0. The van der Waals surface area contributed by atoms with Crippen LogP contribution in [0.5, 0.6) is 0 Å². The molecule has 0 spiro atoms. The van der Waals surface area contributed by atoms with Gasteiger partial charge in [-0.15, -0.1) is 0 Å². The van der Waals surface area contributed by atoms with Crippen LogP contribution in [0, 0.1) is 11.3 Å². The lowest BCUT2D eigenvalue weighted by molar-refractivity contribution is -0.157. The zero-order valence-corrected chi connectivity index (χ0v) is 16.7. The van der Waals surface area contributed by atoms with Crippen LogP contribution in [-0.2, 0) is 9.53 Å². The number of ether oxygens (including phenoxy) is 1. The predicted octanol–water partition coefficient (Wildman–Crippen LogP) is 2.79. The van der Waals surface area contributed by atoms with E-state index in [0.29, 0.717) is 54.5 Å². The van der Waals surface area contributed by atoms with Crippen LogP contribution in [0.1, 0.15) is 66.7 Å². The number of pyridine rings is 1. The lowest BCUT2D eigenvalue weighted by atomic mass is 9.74. The van der Waals surface area contributed by atoms with Gasteiger partial charge in [-0.3, -0.25) is 9.59 Å². The van der Waals surface area contributed by atoms with Crippen LogP contribution in [0.15, 0.2) is 10.6 Å². The number of carboxylic acids is 1. The molecule has 3 aliphatic rings. The summed E-state index contributed by atoms with van der Waals surface area (Å²) in [4.78, 5) is 32.0. The van der Waals surface area contributed by atoms with Gasteiger partial charge in [0.1, 0.15) is 0 Å². The number of amides is 1. The molecule has 2 aromatic rings. The molecule has 8 heteroatoms. The zero-order valence-electron chi connectivity index (χ0n) is 16.7. The van der Waals surface area contributed by atoms with Crippen molar-refractivity contribution in [2.24, 2.45) is 11.3 Å². The van der Waals surface area contributed by atoms with Crippen molar-refractivity contribution in [2.45, 2.75) is 44.9 Å². The molecule has 8 nitrogen and oxygen atoms in total. The number of likely N-dealkylation sites (tertiary alicyclic amines) is 1. The molecule has 2 aromatic heterocycles. The number of carbonyl (C=O) groups excluding carboxylic acids is 1. The molecule has 2 saturated heterocycles. The van der Waals surface area contributed by atoms with Gasteiger partial charge in [0.05, 0.1) is 28.7 Å². The average Bonchev–Trinajstić information content (AvgIpc) is 3.33. The van der Waals surface area contributed by atoms with Crippen LogP contribution in [0.2, 0.25) is 0 Å². The highest BCUT2D eigenvalue weighted by molar-refractivity contribution is 6.06. The summed E-state index contributed by atoms with van der Waals surface area (Å²) in [6, 6.07) is 1.87. The molecule has 4 heterocycles. The topological polar surface area (TPSA) is 106 Å². The van der Waals surface area contributed by atoms with E-state index in [-0.39, 0.29) is 24.3 Å². The van der Waals surface area contributed by atoms with Gasteiger partial charge in [-0.1, -0.05) is 19.0 Å². The van der Waals surface area contributed by atoms with Crippen molar-refractivity contribution >= 4 is 23.0 Å². The minimum Gasteiger partial charge on any atom is -0.481 e. The number of aromatic nitrogens is 2. The number of carboxylic acid groups (broad SMARTS) is 1. The number of aliphatic carboxylic acids is 1. The summed E-state index contributed by atoms with van der Waals surface area (Å²) in [5, 5.41) is 14.8. The first kappa shape index (κ1) is 18.5. The normalized spacial score (nSPS) is 26.9. The first-order chi connectivity index (χ1) is 13.9. The lowest BCUT2D eigenvalue weighted by Gasteiger charge is -2.33. The summed E-state index contributed by atoms with van der Waals surface area (Å²) in [6.45, 7) is 5.39. The fourth-order valence-electron chi connectivity index (χ4n) is 4.77. The Balaban J connectivity index is 1.57. The Kier molecular flexibility index (Phi) is 4.17. The smallest absolute Gasteiger partial charge is 0.311 e. The van der Waals surface area contributed by atoms with Gasteiger partial charge < -0.3 is 19.3 Å². The molecule has 0 unspecified atom stereocenters. The van der Waals surface area contributed by atoms with E-state index in [4.69, 9.17) is 9.26 Å². The highest BCUT2D eigenvalue weighted by Gasteiger charge is 2.55. The van der Waals surface area contributed by atoms with Crippen molar-refractivity contribution in [3.05, 3.63) is 23.0 Å². The van der Waals surface area contributed by atoms with Crippen LogP contribution < -0.4 is 0 Å². The maximum absolute atomic E-state index is 13.6. The Labute approximate surface area is 168 Å². The molecular formula is C21H25N3O5. The minimum atomic E-state index is -0.922. The Morgan fingerprint density at radius 1 is 1.34 bits per heavy atom. The van der Waals surface area contributed by atoms with Crippen LogP contribution in [-0.4, -0.2) is 58.3 Å². The van der Waals surface area contributed by atoms with E-state index in [1.807, 2.05) is 19.9 Å². The molecule has 1 saturated carbocycles. The summed E-state index contributed by atoms with van der Waals surface area (Å²) in [5.74, 6) is -0.758. The Bertz CT molecular complexity index is 996. The SMILES string of the molecule is CC(C)c1noc2nc(C3CC3)cc(C(=O)N3C[C@H]4COCC[C@@]4(C(=O)O)C3)c12. The number of carbonyl (C=O) groups is 2. The minimum absolute atomic E-state index is 0.0799. The molecule has 29 heavy (non-hydrogen) atoms. The maximum atomic E-state index is 13.6. The second kappa shape index (κ2) is 6.52. The Morgan fingerprint density at radius 3 is 2.79 bits per heavy atom. The van der Waals surface area contributed by atoms with E-state index in [1.54, 1.807) is 4.90 Å². The van der Waals surface area contributed by atoms with Crippen molar-refractivity contribution in [1.29, 1.82) is 0 Å². The molecule has 154 valence electrons. The molecule has 1 aliphatic carbocycles. The molecule has 0 bridgehead atoms. The van der Waals surface area contributed by atoms with Crippen molar-refractivity contribution in [3.63, 3.8) is 0 Å². The molecule has 0 aromatic carbocycles. The van der Waals surface area contributed by atoms with E-state index in [2.05, 4.69) is 10.1 Å². The maximum Gasteiger partial charge on any atom is 0.311 e. The third kappa shape index (κ3) is 2.84. The first-order valence-electron chi connectivity index (χ1n) is 10.3. The number of hydrogen-bond acceptors (Lipinski definition) is 6. The monoisotopic (exact) mass is 399 g/mol. The van der Waals surface area contributed by atoms with Gasteiger partial charge in [0.25, 0.3) is 11.6 Å². The largest absolute Gasteiger partial charge is 0.481 e. The second-order valence-electron chi connectivity index (χ2n) is 8.94. The van der Waals surface area contributed by atoms with Gasteiger partial charge in [-0.2, -0.15) is 0 Å². The number of hydrogen-bond donors (Lipinski definition) is 1. The third-order valence-corrected chi connectivity index (χ3v) is 6.69. The van der Waals surface area contributed by atoms with Crippen molar-refractivity contribution in [2.75, 3.05) is 26.3 Å². The van der Waals surface area contributed by atoms with Gasteiger partial charge in [-0.05, 0) is 31.2 Å². The number of rotatable bonds is 4. The van der Waals surface area contributed by atoms with Crippen molar-refractivity contribution < 1.29 is 24.0 Å². The Hall–Kier alpha value is -2.48. The molecule has 2 atom stereocenters. The molecule has 3 fully saturated rings. The average molecular weight is 399 g/mol. The van der Waals surface area contributed by atoms with E-state index >= 15 is 0 Å². The van der Waals surface area contributed by atoms with E-state index in [9.17, 15) is 14.7 Å². The summed E-state index contributed by atoms with van der Waals surface area (Å²) in [5.41, 5.74) is 1.58. The summed E-state index contributed by atoms with van der Waals surface area (Å²) < 4.78 is 11.0. The third-order valence-electron chi connectivity index (χ3n) is 6.69. The van der Waals surface area contributed by atoms with Crippen molar-refractivity contribution in [1.82, 2.24) is 15.0 Å². The van der Waals surface area contributed by atoms with E-state index in [0.717, 1.165) is 18.5 Å². The fourth-order valence-corrected chi connectivity index (χ4v) is 4.77. The molecule has 0 radical (unpaired) electrons. The van der Waals surface area contributed by atoms with E-state index < -0.39 is 11.4 Å². The van der Waals surface area contributed by atoms with Crippen LogP contribution in [0.4, 0.5) is 0 Å². The zero-order chi connectivity index (χ0) is 20.3. The van der Waals surface area contributed by atoms with Crippen LogP contribution >= 0.6 is 0 Å². The Morgan fingerprint density at radius 2 is 2.14 bits per heavy atom. The second-order valence-corrected chi connectivity index (χ2v) is 8.94. The first-order valence-corrected chi connectivity index (χ1v) is 10.3. The molecule has 1 N–H and O–H groups in total. The fraction of sp³-hybridized carbons (Fsp3) is 0.619. The molecule has 1 amide bonds. The quantitative estimate of drug-likeness (QED) is 0.842. The molecule has 5 rings (SSSR count). The van der Waals surface area contributed by atoms with Gasteiger partial charge in [-0.25, -0.2) is 4.98 Å². The van der Waals surface area contributed by atoms with E-state index in [1.165, 1.54) is 0 Å². The molecular weight excluding hydrogens is 374 g/mol. The molecule has 2 aliphatic heterocycles.